The lowest BCUT2D eigenvalue weighted by atomic mass is 10.0. The Balaban J connectivity index is 1.89. The van der Waals surface area contributed by atoms with Crippen LogP contribution in [0.5, 0.6) is 5.75 Å². The second-order valence-electron chi connectivity index (χ2n) is 5.54. The topological polar surface area (TPSA) is 70.7 Å². The van der Waals surface area contributed by atoms with E-state index in [1.807, 2.05) is 6.07 Å². The number of hydrogen-bond donors (Lipinski definition) is 2. The molecule has 6 nitrogen and oxygen atoms in total. The number of amides is 3. The molecule has 25 heavy (non-hydrogen) atoms. The number of nitrogens with zero attached hydrogens (tertiary/aromatic N) is 1. The van der Waals surface area contributed by atoms with Gasteiger partial charge < -0.3 is 20.3 Å². The van der Waals surface area contributed by atoms with E-state index in [2.05, 4.69) is 10.6 Å². The number of methoxy groups -OCH3 is 1. The van der Waals surface area contributed by atoms with Crippen LogP contribution in [0.15, 0.2) is 48.5 Å². The number of halogens is 1. The lowest BCUT2D eigenvalue weighted by molar-refractivity contribution is -0.127. The average Bonchev–Trinajstić information content (AvgIpc) is 2.63. The molecule has 0 radical (unpaired) electrons. The Labute approximate surface area is 144 Å². The van der Waals surface area contributed by atoms with Crippen molar-refractivity contribution in [1.82, 2.24) is 10.2 Å². The third-order valence-electron chi connectivity index (χ3n) is 4.02. The first-order valence-corrected chi connectivity index (χ1v) is 7.84. The van der Waals surface area contributed by atoms with Crippen molar-refractivity contribution < 1.29 is 18.7 Å². The predicted molar refractivity (Wildman–Crippen MR) is 90.9 cm³/mol. The monoisotopic (exact) mass is 343 g/mol. The van der Waals surface area contributed by atoms with E-state index in [4.69, 9.17) is 4.74 Å². The number of hydrogen-bond acceptors (Lipinski definition) is 3. The number of benzene rings is 2. The molecule has 1 aliphatic rings. The van der Waals surface area contributed by atoms with E-state index in [1.165, 1.54) is 24.1 Å². The van der Waals surface area contributed by atoms with E-state index >= 15 is 0 Å². The summed E-state index contributed by atoms with van der Waals surface area (Å²) in [7, 11) is 1.39. The predicted octanol–water partition coefficient (Wildman–Crippen LogP) is 2.54. The zero-order valence-electron chi connectivity index (χ0n) is 13.7. The van der Waals surface area contributed by atoms with E-state index in [0.29, 0.717) is 18.7 Å². The Hall–Kier alpha value is -3.09. The van der Waals surface area contributed by atoms with Gasteiger partial charge in [-0.25, -0.2) is 9.18 Å². The molecular weight excluding hydrogens is 325 g/mol. The highest BCUT2D eigenvalue weighted by molar-refractivity contribution is 5.96. The molecule has 0 unspecified atom stereocenters. The number of para-hydroxylation sites is 1. The van der Waals surface area contributed by atoms with E-state index in [1.54, 1.807) is 30.3 Å². The minimum absolute atomic E-state index is 0.0483. The zero-order chi connectivity index (χ0) is 17.8. The molecule has 0 aliphatic carbocycles. The smallest absolute Gasteiger partial charge is 0.323 e. The second kappa shape index (κ2) is 7.21. The summed E-state index contributed by atoms with van der Waals surface area (Å²) in [5, 5.41) is 5.28. The molecule has 1 saturated heterocycles. The van der Waals surface area contributed by atoms with E-state index < -0.39 is 17.9 Å². The molecule has 2 aromatic carbocycles. The van der Waals surface area contributed by atoms with Gasteiger partial charge in [0.25, 0.3) is 0 Å². The molecule has 3 amide bonds. The van der Waals surface area contributed by atoms with Crippen molar-refractivity contribution in [3.8, 4) is 5.75 Å². The van der Waals surface area contributed by atoms with Gasteiger partial charge in [0.1, 0.15) is 17.5 Å². The molecule has 2 N–H and O–H groups in total. The summed E-state index contributed by atoms with van der Waals surface area (Å²) in [6.45, 7) is 0.651. The lowest BCUT2D eigenvalue weighted by Crippen LogP contribution is -2.53. The van der Waals surface area contributed by atoms with Crippen molar-refractivity contribution in [2.45, 2.75) is 6.04 Å². The van der Waals surface area contributed by atoms with Crippen LogP contribution in [0.2, 0.25) is 0 Å². The van der Waals surface area contributed by atoms with Gasteiger partial charge in [0.05, 0.1) is 7.11 Å². The number of nitrogens with one attached hydrogen (secondary N) is 2. The third kappa shape index (κ3) is 3.40. The highest BCUT2D eigenvalue weighted by Gasteiger charge is 2.34. The molecule has 1 aliphatic heterocycles. The molecule has 0 spiro atoms. The second-order valence-corrected chi connectivity index (χ2v) is 5.54. The van der Waals surface area contributed by atoms with Crippen LogP contribution >= 0.6 is 0 Å². The maximum atomic E-state index is 14.1. The molecule has 7 heteroatoms. The molecule has 0 bridgehead atoms. The lowest BCUT2D eigenvalue weighted by Gasteiger charge is -2.35. The Morgan fingerprint density at radius 3 is 2.72 bits per heavy atom. The first-order valence-electron chi connectivity index (χ1n) is 7.84. The molecule has 130 valence electrons. The normalized spacial score (nSPS) is 17.0. The fourth-order valence-electron chi connectivity index (χ4n) is 2.83. The minimum atomic E-state index is -0.771. The van der Waals surface area contributed by atoms with Crippen molar-refractivity contribution in [3.05, 3.63) is 59.9 Å². The summed E-state index contributed by atoms with van der Waals surface area (Å²) in [5.41, 5.74) is 0.642. The van der Waals surface area contributed by atoms with Crippen LogP contribution in [0.3, 0.4) is 0 Å². The van der Waals surface area contributed by atoms with Gasteiger partial charge in [0.2, 0.25) is 5.91 Å². The minimum Gasteiger partial charge on any atom is -0.494 e. The van der Waals surface area contributed by atoms with Gasteiger partial charge in [0.15, 0.2) is 5.82 Å². The molecule has 2 aromatic rings. The highest BCUT2D eigenvalue weighted by Crippen LogP contribution is 2.29. The molecule has 0 aromatic heterocycles. The molecule has 1 atom stereocenters. The fraction of sp³-hybridized carbons (Fsp3) is 0.222. The number of urea groups is 1. The molecule has 1 fully saturated rings. The molecule has 3 rings (SSSR count). The van der Waals surface area contributed by atoms with E-state index in [9.17, 15) is 14.0 Å². The summed E-state index contributed by atoms with van der Waals surface area (Å²) in [6.07, 6.45) is 0. The van der Waals surface area contributed by atoms with Crippen molar-refractivity contribution in [2.24, 2.45) is 0 Å². The Morgan fingerprint density at radius 2 is 2.00 bits per heavy atom. The van der Waals surface area contributed by atoms with Crippen molar-refractivity contribution in [2.75, 3.05) is 25.5 Å². The van der Waals surface area contributed by atoms with Gasteiger partial charge in [-0.1, -0.05) is 36.4 Å². The Morgan fingerprint density at radius 1 is 1.24 bits per heavy atom. The van der Waals surface area contributed by atoms with Crippen LogP contribution in [0.4, 0.5) is 14.9 Å². The van der Waals surface area contributed by atoms with Crippen molar-refractivity contribution in [1.29, 1.82) is 0 Å². The summed E-state index contributed by atoms with van der Waals surface area (Å²) in [6, 6.07) is 11.9. The Kier molecular flexibility index (Phi) is 4.83. The van der Waals surface area contributed by atoms with Gasteiger partial charge in [0, 0.05) is 13.1 Å². The van der Waals surface area contributed by atoms with Gasteiger partial charge >= 0.3 is 6.03 Å². The van der Waals surface area contributed by atoms with E-state index in [0.717, 1.165) is 0 Å². The van der Waals surface area contributed by atoms with Gasteiger partial charge in [-0.2, -0.15) is 0 Å². The van der Waals surface area contributed by atoms with Crippen LogP contribution < -0.4 is 15.4 Å². The fourth-order valence-corrected chi connectivity index (χ4v) is 2.83. The Bertz CT molecular complexity index is 782. The van der Waals surface area contributed by atoms with Gasteiger partial charge in [-0.05, 0) is 17.7 Å². The van der Waals surface area contributed by atoms with Crippen LogP contribution in [0.25, 0.3) is 0 Å². The van der Waals surface area contributed by atoms with Gasteiger partial charge in [-0.3, -0.25) is 4.79 Å². The van der Waals surface area contributed by atoms with Gasteiger partial charge in [-0.15, -0.1) is 0 Å². The maximum absolute atomic E-state index is 14.1. The van der Waals surface area contributed by atoms with Crippen LogP contribution in [-0.2, 0) is 4.79 Å². The summed E-state index contributed by atoms with van der Waals surface area (Å²) in [4.78, 5) is 26.4. The molecule has 1 heterocycles. The first kappa shape index (κ1) is 16.8. The first-order chi connectivity index (χ1) is 12.1. The number of ether oxygens (including phenoxy) is 1. The number of anilines is 1. The standard InChI is InChI=1S/C18H18FN3O3/c1-25-14-9-5-8-13(19)15(14)21-18(24)22-11-10-20-17(23)16(22)12-6-3-2-4-7-12/h2-9,16H,10-11H2,1H3,(H,20,23)(H,21,24)/t16-/m1/s1. The summed E-state index contributed by atoms with van der Waals surface area (Å²) < 4.78 is 19.2. The highest BCUT2D eigenvalue weighted by atomic mass is 19.1. The van der Waals surface area contributed by atoms with Crippen LogP contribution in [0, 0.1) is 5.82 Å². The van der Waals surface area contributed by atoms with Crippen LogP contribution in [-0.4, -0.2) is 37.0 Å². The summed E-state index contributed by atoms with van der Waals surface area (Å²) >= 11 is 0. The van der Waals surface area contributed by atoms with Crippen molar-refractivity contribution >= 4 is 17.6 Å². The van der Waals surface area contributed by atoms with E-state index in [-0.39, 0.29) is 17.3 Å². The quantitative estimate of drug-likeness (QED) is 0.900. The molecular formula is C18H18FN3O3. The number of rotatable bonds is 3. The third-order valence-corrected chi connectivity index (χ3v) is 4.02. The SMILES string of the molecule is COc1cccc(F)c1NC(=O)N1CCNC(=O)[C@H]1c1ccccc1. The average molecular weight is 343 g/mol. The largest absolute Gasteiger partial charge is 0.494 e. The number of carbonyl (C=O) groups is 2. The summed E-state index contributed by atoms with van der Waals surface area (Å²) in [5.74, 6) is -0.662. The van der Waals surface area contributed by atoms with Crippen molar-refractivity contribution in [3.63, 3.8) is 0 Å². The molecule has 0 saturated carbocycles. The number of piperazine rings is 1. The maximum Gasteiger partial charge on any atom is 0.323 e. The zero-order valence-corrected chi connectivity index (χ0v) is 13.7. The van der Waals surface area contributed by atoms with Crippen LogP contribution in [0.1, 0.15) is 11.6 Å². The number of carbonyl (C=O) groups excluding carboxylic acids is 2.